The lowest BCUT2D eigenvalue weighted by Crippen LogP contribution is -2.37. The van der Waals surface area contributed by atoms with E-state index < -0.39 is 0 Å². The number of thiophene rings is 1. The van der Waals surface area contributed by atoms with Crippen molar-refractivity contribution in [3.8, 4) is 28.1 Å². The fourth-order valence-corrected chi connectivity index (χ4v) is 4.23. The third-order valence-electron chi connectivity index (χ3n) is 5.12. The third kappa shape index (κ3) is 3.69. The molecule has 11 heteroatoms. The average molecular weight is 453 g/mol. The van der Waals surface area contributed by atoms with E-state index in [-0.39, 0.29) is 6.61 Å². The zero-order valence-electron chi connectivity index (χ0n) is 17.0. The number of ether oxygens (including phenoxy) is 4. The first kappa shape index (κ1) is 19.3. The lowest BCUT2D eigenvalue weighted by molar-refractivity contribution is 0.122. The summed E-state index contributed by atoms with van der Waals surface area (Å²) in [5, 5.41) is 10.2. The van der Waals surface area contributed by atoms with E-state index in [4.69, 9.17) is 33.3 Å². The molecular weight excluding hydrogens is 434 g/mol. The highest BCUT2D eigenvalue weighted by Gasteiger charge is 2.22. The molecule has 164 valence electrons. The van der Waals surface area contributed by atoms with E-state index >= 15 is 0 Å². The van der Waals surface area contributed by atoms with Gasteiger partial charge in [0.2, 0.25) is 0 Å². The maximum Gasteiger partial charge on any atom is 0.258 e. The van der Waals surface area contributed by atoms with Crippen molar-refractivity contribution in [2.24, 2.45) is 0 Å². The van der Waals surface area contributed by atoms with Crippen molar-refractivity contribution >= 4 is 28.2 Å². The van der Waals surface area contributed by atoms with Crippen molar-refractivity contribution < 1.29 is 23.4 Å². The molecule has 5 heterocycles. The van der Waals surface area contributed by atoms with Crippen LogP contribution < -0.4 is 19.1 Å². The SMILES string of the molecule is c1csc(-c2nnc(COc3nc4cc5c(cc4nc3N3CCOCC3)OCCO5)o2)c1. The first-order valence-electron chi connectivity index (χ1n) is 10.3. The minimum Gasteiger partial charge on any atom is -0.486 e. The molecule has 1 fully saturated rings. The Bertz CT molecular complexity index is 1240. The minimum atomic E-state index is 0.0838. The topological polar surface area (TPSA) is 105 Å². The van der Waals surface area contributed by atoms with Crippen molar-refractivity contribution in [1.29, 1.82) is 0 Å². The summed E-state index contributed by atoms with van der Waals surface area (Å²) in [6, 6.07) is 7.55. The van der Waals surface area contributed by atoms with Crippen molar-refractivity contribution in [2.45, 2.75) is 6.61 Å². The van der Waals surface area contributed by atoms with Crippen LogP contribution in [0.25, 0.3) is 21.8 Å². The smallest absolute Gasteiger partial charge is 0.258 e. The molecule has 1 saturated heterocycles. The van der Waals surface area contributed by atoms with E-state index in [0.29, 0.717) is 85.5 Å². The largest absolute Gasteiger partial charge is 0.486 e. The molecule has 0 unspecified atom stereocenters. The molecule has 0 bridgehead atoms. The summed E-state index contributed by atoms with van der Waals surface area (Å²) in [6.45, 7) is 3.74. The number of hydrogen-bond donors (Lipinski definition) is 0. The maximum absolute atomic E-state index is 6.04. The minimum absolute atomic E-state index is 0.0838. The second kappa shape index (κ2) is 8.24. The van der Waals surface area contributed by atoms with Crippen LogP contribution in [0.1, 0.15) is 5.89 Å². The predicted molar refractivity (Wildman–Crippen MR) is 116 cm³/mol. The van der Waals surface area contributed by atoms with Crippen LogP contribution in [0.2, 0.25) is 0 Å². The van der Waals surface area contributed by atoms with Crippen LogP contribution in [0.3, 0.4) is 0 Å². The zero-order valence-corrected chi connectivity index (χ0v) is 17.8. The number of morpholine rings is 1. The Kier molecular flexibility index (Phi) is 4.96. The van der Waals surface area contributed by atoms with Crippen LogP contribution >= 0.6 is 11.3 Å². The van der Waals surface area contributed by atoms with Gasteiger partial charge < -0.3 is 28.3 Å². The first-order chi connectivity index (χ1) is 15.8. The molecule has 4 aromatic rings. The highest BCUT2D eigenvalue weighted by Crippen LogP contribution is 2.36. The Labute approximate surface area is 186 Å². The van der Waals surface area contributed by atoms with Gasteiger partial charge in [0.25, 0.3) is 17.7 Å². The normalized spacial score (nSPS) is 15.8. The summed E-state index contributed by atoms with van der Waals surface area (Å²) in [7, 11) is 0. The summed E-state index contributed by atoms with van der Waals surface area (Å²) in [4.78, 5) is 12.6. The monoisotopic (exact) mass is 453 g/mol. The molecule has 0 radical (unpaired) electrons. The highest BCUT2D eigenvalue weighted by atomic mass is 32.1. The van der Waals surface area contributed by atoms with Crippen LogP contribution in [0, 0.1) is 0 Å². The van der Waals surface area contributed by atoms with Crippen LogP contribution in [0.15, 0.2) is 34.1 Å². The van der Waals surface area contributed by atoms with Gasteiger partial charge in [0.05, 0.1) is 29.1 Å². The molecule has 2 aliphatic heterocycles. The van der Waals surface area contributed by atoms with E-state index in [0.717, 1.165) is 4.88 Å². The first-order valence-corrected chi connectivity index (χ1v) is 11.1. The molecule has 0 spiro atoms. The van der Waals surface area contributed by atoms with Crippen molar-refractivity contribution in [2.75, 3.05) is 44.4 Å². The Morgan fingerprint density at radius 3 is 2.50 bits per heavy atom. The van der Waals surface area contributed by atoms with Gasteiger partial charge in [-0.1, -0.05) is 6.07 Å². The van der Waals surface area contributed by atoms with Crippen molar-refractivity contribution in [3.63, 3.8) is 0 Å². The third-order valence-corrected chi connectivity index (χ3v) is 5.98. The standard InChI is InChI=1S/C21H19N5O5S/c1-2-17(32-9-1)20-25-24-18(31-20)12-30-21-19(26-3-5-27-6-4-26)22-13-10-15-16(11-14(13)23-21)29-8-7-28-15/h1-2,9-11H,3-8,12H2. The number of fused-ring (bicyclic) bond motifs is 2. The number of anilines is 1. The molecule has 2 aliphatic rings. The number of rotatable bonds is 5. The van der Waals surface area contributed by atoms with Crippen LogP contribution in [-0.2, 0) is 11.3 Å². The molecule has 0 amide bonds. The van der Waals surface area contributed by atoms with Gasteiger partial charge in [-0.3, -0.25) is 0 Å². The molecule has 1 aromatic carbocycles. The predicted octanol–water partition coefficient (Wildman–Crippen LogP) is 2.93. The van der Waals surface area contributed by atoms with Gasteiger partial charge in [0, 0.05) is 25.2 Å². The molecule has 0 N–H and O–H groups in total. The Morgan fingerprint density at radius 1 is 0.969 bits per heavy atom. The molecule has 10 nitrogen and oxygen atoms in total. The fourth-order valence-electron chi connectivity index (χ4n) is 3.59. The van der Waals surface area contributed by atoms with Gasteiger partial charge in [-0.05, 0) is 11.4 Å². The van der Waals surface area contributed by atoms with Crippen LogP contribution in [0.5, 0.6) is 17.4 Å². The lowest BCUT2D eigenvalue weighted by atomic mass is 10.2. The quantitative estimate of drug-likeness (QED) is 0.448. The summed E-state index contributed by atoms with van der Waals surface area (Å²) < 4.78 is 28.7. The van der Waals surface area contributed by atoms with Gasteiger partial charge in [0.1, 0.15) is 13.2 Å². The van der Waals surface area contributed by atoms with Crippen molar-refractivity contribution in [1.82, 2.24) is 20.2 Å². The van der Waals surface area contributed by atoms with E-state index in [9.17, 15) is 0 Å². The van der Waals surface area contributed by atoms with E-state index in [1.807, 2.05) is 29.6 Å². The maximum atomic E-state index is 6.04. The van der Waals surface area contributed by atoms with Gasteiger partial charge >= 0.3 is 0 Å². The Balaban J connectivity index is 1.33. The molecule has 0 aliphatic carbocycles. The van der Waals surface area contributed by atoms with Gasteiger partial charge in [-0.25, -0.2) is 9.97 Å². The summed E-state index contributed by atoms with van der Waals surface area (Å²) in [5.41, 5.74) is 1.37. The number of aromatic nitrogens is 4. The summed E-state index contributed by atoms with van der Waals surface area (Å²) >= 11 is 1.54. The fraction of sp³-hybridized carbons (Fsp3) is 0.333. The highest BCUT2D eigenvalue weighted by molar-refractivity contribution is 7.13. The van der Waals surface area contributed by atoms with E-state index in [2.05, 4.69) is 15.1 Å². The Morgan fingerprint density at radius 2 is 1.75 bits per heavy atom. The van der Waals surface area contributed by atoms with Crippen molar-refractivity contribution in [3.05, 3.63) is 35.5 Å². The molecular formula is C21H19N5O5S. The van der Waals surface area contributed by atoms with Gasteiger partial charge in [0.15, 0.2) is 23.9 Å². The van der Waals surface area contributed by atoms with Gasteiger partial charge in [-0.15, -0.1) is 21.5 Å². The second-order valence-electron chi connectivity index (χ2n) is 7.20. The van der Waals surface area contributed by atoms with E-state index in [1.165, 1.54) is 11.3 Å². The summed E-state index contributed by atoms with van der Waals surface area (Å²) in [5.74, 6) is 3.21. The zero-order chi connectivity index (χ0) is 21.3. The Hall–Kier alpha value is -3.44. The number of hydrogen-bond acceptors (Lipinski definition) is 11. The molecule has 6 rings (SSSR count). The lowest BCUT2D eigenvalue weighted by Gasteiger charge is -2.29. The van der Waals surface area contributed by atoms with E-state index in [1.54, 1.807) is 0 Å². The molecule has 32 heavy (non-hydrogen) atoms. The van der Waals surface area contributed by atoms with Crippen LogP contribution in [0.4, 0.5) is 5.82 Å². The second-order valence-corrected chi connectivity index (χ2v) is 8.15. The van der Waals surface area contributed by atoms with Crippen LogP contribution in [-0.4, -0.2) is 59.7 Å². The molecule has 3 aromatic heterocycles. The molecule has 0 saturated carbocycles. The summed E-state index contributed by atoms with van der Waals surface area (Å²) in [6.07, 6.45) is 0. The van der Waals surface area contributed by atoms with Gasteiger partial charge in [-0.2, -0.15) is 0 Å². The number of benzene rings is 1. The average Bonchev–Trinajstić information content (AvgIpc) is 3.53. The number of nitrogens with zero attached hydrogens (tertiary/aromatic N) is 5. The molecule has 0 atom stereocenters.